The number of aliphatic carboxylic acids is 1. The summed E-state index contributed by atoms with van der Waals surface area (Å²) >= 11 is 0. The van der Waals surface area contributed by atoms with Gasteiger partial charge in [-0.2, -0.15) is 20.8 Å². The van der Waals surface area contributed by atoms with Crippen LogP contribution in [0.5, 0.6) is 0 Å². The maximum atomic E-state index is 9.91. The molecule has 0 radical (unpaired) electrons. The number of rotatable bonds is 3. The first-order valence-electron chi connectivity index (χ1n) is 3.50. The van der Waals surface area contributed by atoms with Crippen molar-refractivity contribution < 1.29 is 38.2 Å². The van der Waals surface area contributed by atoms with E-state index in [0.717, 1.165) is 0 Å². The van der Waals surface area contributed by atoms with Crippen LogP contribution in [0, 0.1) is 5.92 Å². The molecule has 0 atom stereocenters. The van der Waals surface area contributed by atoms with Crippen molar-refractivity contribution in [2.24, 2.45) is 0 Å². The molecule has 5 heteroatoms. The van der Waals surface area contributed by atoms with Gasteiger partial charge in [-0.15, -0.1) is 0 Å². The quantitative estimate of drug-likeness (QED) is 0.323. The summed E-state index contributed by atoms with van der Waals surface area (Å²) in [6.07, 6.45) is -1.13. The van der Waals surface area contributed by atoms with Crippen LogP contribution < -0.4 is 18.9 Å². The fraction of sp³-hybridized carbons (Fsp3) is 0.750. The van der Waals surface area contributed by atoms with Crippen molar-refractivity contribution in [1.82, 2.24) is 0 Å². The summed E-state index contributed by atoms with van der Waals surface area (Å²) in [5.41, 5.74) is 0. The van der Waals surface area contributed by atoms with Crippen LogP contribution in [-0.4, -0.2) is 31.6 Å². The van der Waals surface area contributed by atoms with Gasteiger partial charge >= 0.3 is 24.8 Å². The number of hydrogen-bond acceptors (Lipinski definition) is 3. The molecule has 74 valence electrons. The van der Waals surface area contributed by atoms with Crippen molar-refractivity contribution in [2.75, 3.05) is 14.2 Å². The van der Waals surface area contributed by atoms with Crippen molar-refractivity contribution in [2.45, 2.75) is 27.1 Å². The molecule has 0 aliphatic heterocycles. The third-order valence-corrected chi connectivity index (χ3v) is 0.630. The Bertz CT molecular complexity index is 110. The fourth-order valence-corrected chi connectivity index (χ4v) is 0.298. The van der Waals surface area contributed by atoms with Crippen LogP contribution in [0.4, 0.5) is 0 Å². The second-order valence-electron chi connectivity index (χ2n) is 2.64. The fourth-order valence-electron chi connectivity index (χ4n) is 0.298. The van der Waals surface area contributed by atoms with E-state index in [2.05, 4.69) is 30.2 Å². The van der Waals surface area contributed by atoms with E-state index in [1.807, 2.05) is 0 Å². The molecule has 4 nitrogen and oxygen atoms in total. The first-order chi connectivity index (χ1) is 5.45. The smallest absolute Gasteiger partial charge is 0.477 e. The molecule has 0 fully saturated rings. The first kappa shape index (κ1) is 18.7. The summed E-state index contributed by atoms with van der Waals surface area (Å²) < 4.78 is 8.68. The van der Waals surface area contributed by atoms with E-state index < -0.39 is 12.3 Å². The molecule has 0 aliphatic rings. The van der Waals surface area contributed by atoms with E-state index in [0.29, 0.717) is 0 Å². The van der Waals surface area contributed by atoms with E-state index in [1.165, 1.54) is 20.1 Å². The maximum absolute atomic E-state index is 9.91. The maximum Gasteiger partial charge on any atom is 1.00 e. The first-order valence-corrected chi connectivity index (χ1v) is 3.50. The van der Waals surface area contributed by atoms with Gasteiger partial charge in [0, 0.05) is 14.2 Å². The van der Waals surface area contributed by atoms with E-state index >= 15 is 0 Å². The van der Waals surface area contributed by atoms with Gasteiger partial charge in [0.2, 0.25) is 0 Å². The average molecular weight is 184 g/mol. The number of carboxylic acid groups (broad SMARTS) is 1. The van der Waals surface area contributed by atoms with Crippen molar-refractivity contribution in [3.8, 4) is 0 Å². The van der Waals surface area contributed by atoms with Gasteiger partial charge in [0.25, 0.3) is 6.29 Å². The Hall–Kier alpha value is -0.0126. The van der Waals surface area contributed by atoms with E-state index in [-0.39, 0.29) is 18.9 Å². The number of methoxy groups -OCH3 is 2. The Morgan fingerprint density at radius 3 is 1.46 bits per heavy atom. The molecular formula is C8H17LiO4. The second-order valence-corrected chi connectivity index (χ2v) is 2.64. The van der Waals surface area contributed by atoms with Crippen LogP contribution in [0.15, 0.2) is 0 Å². The van der Waals surface area contributed by atoms with Crippen LogP contribution in [-0.2, 0) is 14.3 Å². The summed E-state index contributed by atoms with van der Waals surface area (Å²) in [6, 6.07) is 0. The van der Waals surface area contributed by atoms with E-state index in [4.69, 9.17) is 5.11 Å². The van der Waals surface area contributed by atoms with Crippen LogP contribution >= 0.6 is 0 Å². The topological polar surface area (TPSA) is 55.8 Å². The summed E-state index contributed by atoms with van der Waals surface area (Å²) in [6.45, 7) is 6.25. The van der Waals surface area contributed by atoms with Gasteiger partial charge in [-0.1, -0.05) is 0 Å². The Kier molecular flexibility index (Phi) is 17.3. The summed E-state index contributed by atoms with van der Waals surface area (Å²) in [5, 5.41) is 8.12. The minimum absolute atomic E-state index is 0. The summed E-state index contributed by atoms with van der Waals surface area (Å²) in [5.74, 6) is 0.301. The number of carbonyl (C=O) groups is 1. The minimum atomic E-state index is -1.13. The summed E-state index contributed by atoms with van der Waals surface area (Å²) in [7, 11) is 2.53. The largest absolute Gasteiger partial charge is 1.00 e. The molecule has 0 rings (SSSR count). The predicted molar refractivity (Wildman–Crippen MR) is 45.7 cm³/mol. The summed E-state index contributed by atoms with van der Waals surface area (Å²) in [4.78, 5) is 9.91. The molecule has 0 saturated carbocycles. The zero-order valence-electron chi connectivity index (χ0n) is 9.25. The predicted octanol–water partition coefficient (Wildman–Crippen LogP) is -1.69. The van der Waals surface area contributed by atoms with Gasteiger partial charge in [-0.25, -0.2) is 4.79 Å². The molecule has 0 heterocycles. The van der Waals surface area contributed by atoms with Crippen LogP contribution in [0.25, 0.3) is 0 Å². The Morgan fingerprint density at radius 2 is 1.46 bits per heavy atom. The Balaban J connectivity index is -0.000000173. The molecule has 0 spiro atoms. The van der Waals surface area contributed by atoms with Gasteiger partial charge in [0.05, 0.1) is 0 Å². The molecule has 0 aliphatic carbocycles. The average Bonchev–Trinajstić information content (AvgIpc) is 1.87. The normalized spacial score (nSPS) is 8.85. The molecule has 0 saturated heterocycles. The minimum Gasteiger partial charge on any atom is -0.477 e. The third-order valence-electron chi connectivity index (χ3n) is 0.630. The molecule has 13 heavy (non-hydrogen) atoms. The van der Waals surface area contributed by atoms with Crippen molar-refractivity contribution in [3.05, 3.63) is 5.92 Å². The SMILES string of the molecule is COC(OC)C(=O)O.C[C-](C)C.[Li+]. The molecule has 0 bridgehead atoms. The molecular weight excluding hydrogens is 167 g/mol. The number of hydrogen-bond donors (Lipinski definition) is 1. The number of ether oxygens (including phenoxy) is 2. The van der Waals surface area contributed by atoms with Crippen molar-refractivity contribution in [3.63, 3.8) is 0 Å². The zero-order chi connectivity index (χ0) is 10.1. The van der Waals surface area contributed by atoms with Gasteiger partial charge < -0.3 is 20.5 Å². The van der Waals surface area contributed by atoms with E-state index in [1.54, 1.807) is 0 Å². The molecule has 0 unspecified atom stereocenters. The Labute approximate surface area is 91.8 Å². The van der Waals surface area contributed by atoms with Crippen molar-refractivity contribution >= 4 is 5.97 Å². The van der Waals surface area contributed by atoms with Gasteiger partial charge in [0.15, 0.2) is 0 Å². The van der Waals surface area contributed by atoms with Crippen LogP contribution in [0.2, 0.25) is 0 Å². The third kappa shape index (κ3) is 18.7. The van der Waals surface area contributed by atoms with Crippen molar-refractivity contribution in [1.29, 1.82) is 0 Å². The molecule has 1 N–H and O–H groups in total. The monoisotopic (exact) mass is 184 g/mol. The van der Waals surface area contributed by atoms with Gasteiger partial charge in [-0.05, 0) is 0 Å². The number of carboxylic acids is 1. The molecule has 0 amide bonds. The van der Waals surface area contributed by atoms with E-state index in [9.17, 15) is 4.79 Å². The molecule has 0 aromatic rings. The van der Waals surface area contributed by atoms with Gasteiger partial charge in [0.1, 0.15) is 0 Å². The Morgan fingerprint density at radius 1 is 1.23 bits per heavy atom. The van der Waals surface area contributed by atoms with Gasteiger partial charge in [-0.3, -0.25) is 0 Å². The molecule has 0 aromatic carbocycles. The van der Waals surface area contributed by atoms with Crippen LogP contribution in [0.1, 0.15) is 20.8 Å². The standard InChI is InChI=1S/C4H8O4.C4H9.Li/c1-7-4(8-2)3(5)6;1-4(2)3;/h4H,1-2H3,(H,5,6);1-3H3;/q;-1;+1. The van der Waals surface area contributed by atoms with Crippen LogP contribution in [0.3, 0.4) is 0 Å². The second kappa shape index (κ2) is 12.0. The zero-order valence-corrected chi connectivity index (χ0v) is 9.25. The molecule has 0 aromatic heterocycles.